The molecule has 0 fully saturated rings. The summed E-state index contributed by atoms with van der Waals surface area (Å²) in [6.45, 7) is 1.52. The number of aromatic nitrogens is 1. The first-order valence-corrected chi connectivity index (χ1v) is 9.28. The van der Waals surface area contributed by atoms with Gasteiger partial charge in [0.1, 0.15) is 18.0 Å². The molecular weight excluding hydrogens is 406 g/mol. The van der Waals surface area contributed by atoms with Crippen molar-refractivity contribution in [3.63, 3.8) is 0 Å². The summed E-state index contributed by atoms with van der Waals surface area (Å²) in [5.41, 5.74) is 6.12. The number of allylic oxidation sites excluding steroid dienone is 1. The molecule has 0 saturated carbocycles. The molecule has 126 valence electrons. The highest BCUT2D eigenvalue weighted by atomic mass is 79.9. The van der Waals surface area contributed by atoms with Crippen LogP contribution in [0, 0.1) is 0 Å². The molecule has 5 rings (SSSR count). The van der Waals surface area contributed by atoms with Gasteiger partial charge in [-0.25, -0.2) is 9.98 Å². The molecule has 0 unspecified atom stereocenters. The van der Waals surface area contributed by atoms with E-state index in [-0.39, 0.29) is 5.88 Å². The van der Waals surface area contributed by atoms with Crippen molar-refractivity contribution in [1.82, 2.24) is 9.88 Å². The van der Waals surface area contributed by atoms with E-state index in [2.05, 4.69) is 25.8 Å². The average Bonchev–Trinajstić information content (AvgIpc) is 3.20. The highest BCUT2D eigenvalue weighted by Crippen LogP contribution is 2.40. The minimum Gasteiger partial charge on any atom is -0.496 e. The van der Waals surface area contributed by atoms with E-state index in [0.717, 1.165) is 45.5 Å². The molecule has 4 heterocycles. The molecule has 7 heteroatoms. The molecule has 2 aromatic rings. The summed E-state index contributed by atoms with van der Waals surface area (Å²) in [4.78, 5) is 11.4. The number of oxazole rings is 1. The Labute approximate surface area is 157 Å². The van der Waals surface area contributed by atoms with Crippen molar-refractivity contribution in [3.8, 4) is 0 Å². The molecule has 1 aromatic heterocycles. The smallest absolute Gasteiger partial charge is 0.210 e. The van der Waals surface area contributed by atoms with Crippen LogP contribution in [0.1, 0.15) is 17.9 Å². The van der Waals surface area contributed by atoms with Gasteiger partial charge in [0.15, 0.2) is 5.58 Å². The number of alkyl halides is 1. The third-order valence-corrected chi connectivity index (χ3v) is 5.42. The van der Waals surface area contributed by atoms with E-state index in [4.69, 9.17) is 25.7 Å². The summed E-state index contributed by atoms with van der Waals surface area (Å²) in [5, 5.41) is 0. The van der Waals surface area contributed by atoms with E-state index < -0.39 is 0 Å². The van der Waals surface area contributed by atoms with Crippen molar-refractivity contribution in [3.05, 3.63) is 63.4 Å². The molecule has 0 radical (unpaired) electrons. The van der Waals surface area contributed by atoms with E-state index in [1.54, 1.807) is 6.26 Å². The van der Waals surface area contributed by atoms with Gasteiger partial charge in [0, 0.05) is 23.9 Å². The lowest BCUT2D eigenvalue weighted by Crippen LogP contribution is -2.31. The van der Waals surface area contributed by atoms with Crippen LogP contribution in [0.15, 0.2) is 61.4 Å². The zero-order chi connectivity index (χ0) is 17.0. The standard InChI is InChI=1S/C18H13BrClN3O2/c19-13-9-24-8-11-3-4-23-17(11)12(13)7-21-18(23)10-1-2-15-14(5-10)22-16(6-20)25-15/h1-2,5,7,9H,3-4,6,8H2. The number of rotatable bonds is 2. The number of nitrogens with zero attached hydrogens (tertiary/aromatic N) is 3. The predicted molar refractivity (Wildman–Crippen MR) is 99.5 cm³/mol. The van der Waals surface area contributed by atoms with Gasteiger partial charge in [-0.05, 0) is 46.1 Å². The fourth-order valence-electron chi connectivity index (χ4n) is 3.47. The minimum atomic E-state index is 0.264. The Hall–Kier alpha value is -2.05. The van der Waals surface area contributed by atoms with Crippen molar-refractivity contribution in [2.24, 2.45) is 4.99 Å². The fourth-order valence-corrected chi connectivity index (χ4v) is 4.00. The van der Waals surface area contributed by atoms with Crippen LogP contribution in [0.4, 0.5) is 0 Å². The third-order valence-electron chi connectivity index (χ3n) is 4.57. The lowest BCUT2D eigenvalue weighted by Gasteiger charge is -2.28. The van der Waals surface area contributed by atoms with Crippen molar-refractivity contribution < 1.29 is 9.15 Å². The van der Waals surface area contributed by atoms with Gasteiger partial charge in [0.25, 0.3) is 0 Å². The quantitative estimate of drug-likeness (QED) is 0.677. The van der Waals surface area contributed by atoms with Gasteiger partial charge in [-0.1, -0.05) is 0 Å². The van der Waals surface area contributed by atoms with Crippen LogP contribution in [0.25, 0.3) is 11.1 Å². The van der Waals surface area contributed by atoms with Gasteiger partial charge in [0.05, 0.1) is 22.3 Å². The zero-order valence-electron chi connectivity index (χ0n) is 13.1. The number of amidine groups is 1. The molecule has 0 bridgehead atoms. The normalized spacial score (nSPS) is 19.3. The first kappa shape index (κ1) is 15.2. The average molecular weight is 419 g/mol. The van der Waals surface area contributed by atoms with Gasteiger partial charge < -0.3 is 14.1 Å². The van der Waals surface area contributed by atoms with E-state index in [1.807, 2.05) is 24.4 Å². The molecule has 3 aliphatic heterocycles. The molecule has 0 spiro atoms. The Balaban J connectivity index is 1.63. The Kier molecular flexibility index (Phi) is 3.50. The monoisotopic (exact) mass is 417 g/mol. The Bertz CT molecular complexity index is 1020. The van der Waals surface area contributed by atoms with Crippen molar-refractivity contribution in [1.29, 1.82) is 0 Å². The van der Waals surface area contributed by atoms with Crippen LogP contribution in [0.5, 0.6) is 0 Å². The van der Waals surface area contributed by atoms with Crippen LogP contribution in [-0.2, 0) is 10.6 Å². The molecule has 5 nitrogen and oxygen atoms in total. The van der Waals surface area contributed by atoms with E-state index in [1.165, 1.54) is 11.3 Å². The maximum Gasteiger partial charge on any atom is 0.210 e. The Morgan fingerprint density at radius 3 is 3.12 bits per heavy atom. The number of hydrogen-bond donors (Lipinski definition) is 0. The number of hydrogen-bond acceptors (Lipinski definition) is 5. The van der Waals surface area contributed by atoms with Crippen LogP contribution in [0.2, 0.25) is 0 Å². The van der Waals surface area contributed by atoms with Gasteiger partial charge in [0.2, 0.25) is 5.89 Å². The second kappa shape index (κ2) is 5.75. The van der Waals surface area contributed by atoms with E-state index >= 15 is 0 Å². The second-order valence-corrected chi connectivity index (χ2v) is 7.17. The van der Waals surface area contributed by atoms with Gasteiger partial charge in [-0.15, -0.1) is 11.6 Å². The highest BCUT2D eigenvalue weighted by Gasteiger charge is 2.34. The highest BCUT2D eigenvalue weighted by molar-refractivity contribution is 9.12. The van der Waals surface area contributed by atoms with Gasteiger partial charge in [-0.3, -0.25) is 0 Å². The summed E-state index contributed by atoms with van der Waals surface area (Å²) < 4.78 is 12.1. The van der Waals surface area contributed by atoms with Crippen molar-refractivity contribution in [2.45, 2.75) is 12.3 Å². The van der Waals surface area contributed by atoms with Crippen LogP contribution >= 0.6 is 27.5 Å². The minimum absolute atomic E-state index is 0.264. The van der Waals surface area contributed by atoms with Crippen LogP contribution < -0.4 is 0 Å². The van der Waals surface area contributed by atoms with Crippen molar-refractivity contribution in [2.75, 3.05) is 13.2 Å². The van der Waals surface area contributed by atoms with Gasteiger partial charge in [-0.2, -0.15) is 0 Å². The molecule has 0 amide bonds. The summed E-state index contributed by atoms with van der Waals surface area (Å²) in [6, 6.07) is 5.94. The zero-order valence-corrected chi connectivity index (χ0v) is 15.5. The van der Waals surface area contributed by atoms with Crippen LogP contribution in [0.3, 0.4) is 0 Å². The summed E-state index contributed by atoms with van der Waals surface area (Å²) in [6.07, 6.45) is 4.62. The van der Waals surface area contributed by atoms with E-state index in [0.29, 0.717) is 12.5 Å². The number of aliphatic imine (C=N–C) groups is 1. The van der Waals surface area contributed by atoms with Gasteiger partial charge >= 0.3 is 0 Å². The maximum atomic E-state index is 5.82. The molecule has 0 N–H and O–H groups in total. The molecule has 0 aliphatic carbocycles. The topological polar surface area (TPSA) is 50.9 Å². The number of ether oxygens (including phenoxy) is 1. The molecule has 25 heavy (non-hydrogen) atoms. The fraction of sp³-hybridized carbons (Fsp3) is 0.222. The molecule has 1 aromatic carbocycles. The SMILES string of the molecule is ClCc1nc2cc(C3=NC=C4C(Br)=COCC5=C4N3CC5)ccc2o1. The summed E-state index contributed by atoms with van der Waals surface area (Å²) >= 11 is 9.40. The van der Waals surface area contributed by atoms with E-state index in [9.17, 15) is 0 Å². The lowest BCUT2D eigenvalue weighted by molar-refractivity contribution is 0.279. The second-order valence-electron chi connectivity index (χ2n) is 6.05. The number of halogens is 2. The van der Waals surface area contributed by atoms with Crippen LogP contribution in [-0.4, -0.2) is 28.9 Å². The first-order valence-electron chi connectivity index (χ1n) is 7.96. The largest absolute Gasteiger partial charge is 0.496 e. The maximum absolute atomic E-state index is 5.82. The molecule has 0 saturated heterocycles. The summed E-state index contributed by atoms with van der Waals surface area (Å²) in [5.74, 6) is 1.72. The molecule has 0 atom stereocenters. The Morgan fingerprint density at radius 1 is 1.32 bits per heavy atom. The number of fused-ring (bicyclic) bond motifs is 1. The third kappa shape index (κ3) is 2.35. The Morgan fingerprint density at radius 2 is 2.24 bits per heavy atom. The predicted octanol–water partition coefficient (Wildman–Crippen LogP) is 4.44. The molecular formula is C18H13BrClN3O2. The molecule has 3 aliphatic rings. The number of benzene rings is 1. The van der Waals surface area contributed by atoms with Crippen molar-refractivity contribution >= 4 is 44.5 Å². The summed E-state index contributed by atoms with van der Waals surface area (Å²) in [7, 11) is 0. The first-order chi connectivity index (χ1) is 12.2. The lowest BCUT2D eigenvalue weighted by atomic mass is 10.1.